The van der Waals surface area contributed by atoms with Gasteiger partial charge in [0.05, 0.1) is 0 Å². The first kappa shape index (κ1) is 9.01. The molecule has 2 atom stereocenters. The summed E-state index contributed by atoms with van der Waals surface area (Å²) in [5, 5.41) is 3.20. The highest BCUT2D eigenvalue weighted by Crippen LogP contribution is 2.42. The van der Waals surface area contributed by atoms with Gasteiger partial charge < -0.3 is 0 Å². The first-order valence-corrected chi connectivity index (χ1v) is 4.14. The summed E-state index contributed by atoms with van der Waals surface area (Å²) in [7, 11) is 0.0984. The molecule has 0 radical (unpaired) electrons. The zero-order valence-corrected chi connectivity index (χ0v) is 7.21. The van der Waals surface area contributed by atoms with Gasteiger partial charge in [0.25, 0.3) is 0 Å². The highest BCUT2D eigenvalue weighted by Gasteiger charge is 2.51. The lowest BCUT2D eigenvalue weighted by Gasteiger charge is -2.25. The van der Waals surface area contributed by atoms with Gasteiger partial charge in [-0.05, 0) is 27.9 Å². The minimum atomic E-state index is -4.18. The van der Waals surface area contributed by atoms with E-state index in [0.29, 0.717) is 0 Å². The van der Waals surface area contributed by atoms with Crippen molar-refractivity contribution in [3.63, 3.8) is 0 Å². The summed E-state index contributed by atoms with van der Waals surface area (Å²) in [5.41, 5.74) is -1.80. The van der Waals surface area contributed by atoms with Crippen molar-refractivity contribution in [1.29, 1.82) is 0 Å². The summed E-state index contributed by atoms with van der Waals surface area (Å²) in [6.45, 7) is 2.85. The molecule has 0 spiro atoms. The summed E-state index contributed by atoms with van der Waals surface area (Å²) in [6.07, 6.45) is -2.94. The highest BCUT2D eigenvalue weighted by atomic mass is 31.1. The molecule has 1 aliphatic heterocycles. The van der Waals surface area contributed by atoms with E-state index < -0.39 is 11.7 Å². The van der Waals surface area contributed by atoms with Crippen LogP contribution in [0.5, 0.6) is 0 Å². The molecule has 0 aromatic carbocycles. The van der Waals surface area contributed by atoms with Crippen LogP contribution in [0.3, 0.4) is 0 Å². The second-order valence-corrected chi connectivity index (χ2v) is 4.07. The minimum absolute atomic E-state index is 0.0984. The van der Waals surface area contributed by atoms with Gasteiger partial charge in [-0.15, -0.1) is 0 Å². The molecule has 1 heterocycles. The Balaban J connectivity index is 2.86. The van der Waals surface area contributed by atoms with Crippen molar-refractivity contribution < 1.29 is 13.2 Å². The van der Waals surface area contributed by atoms with Gasteiger partial charge >= 0.3 is 6.18 Å². The summed E-state index contributed by atoms with van der Waals surface area (Å²) in [5.74, 6) is 0. The maximum atomic E-state index is 12.2. The molecule has 0 aliphatic carbocycles. The SMILES string of the molecule is CC1=CC(C)(C(F)(F)F)NP1. The summed E-state index contributed by atoms with van der Waals surface area (Å²) in [4.78, 5) is 0. The summed E-state index contributed by atoms with van der Waals surface area (Å²) >= 11 is 0. The molecule has 0 amide bonds. The standard InChI is InChI=1S/C6H9F3NP/c1-4-3-5(2,10-11-4)6(7,8)9/h3,10-11H,1-2H3. The van der Waals surface area contributed by atoms with Crippen LogP contribution in [-0.2, 0) is 0 Å². The second-order valence-electron chi connectivity index (χ2n) is 2.78. The van der Waals surface area contributed by atoms with E-state index in [1.165, 1.54) is 6.08 Å². The third-order valence-corrected chi connectivity index (χ3v) is 2.80. The van der Waals surface area contributed by atoms with E-state index >= 15 is 0 Å². The van der Waals surface area contributed by atoms with Gasteiger partial charge in [-0.1, -0.05) is 6.08 Å². The predicted octanol–water partition coefficient (Wildman–Crippen LogP) is 2.41. The average molecular weight is 183 g/mol. The van der Waals surface area contributed by atoms with Gasteiger partial charge in [0.2, 0.25) is 0 Å². The Kier molecular flexibility index (Phi) is 2.01. The number of allylic oxidation sites excluding steroid dienone is 1. The molecule has 2 unspecified atom stereocenters. The van der Waals surface area contributed by atoms with Crippen molar-refractivity contribution in [3.05, 3.63) is 11.4 Å². The van der Waals surface area contributed by atoms with E-state index in [4.69, 9.17) is 0 Å². The smallest absolute Gasteiger partial charge is 0.278 e. The van der Waals surface area contributed by atoms with Crippen molar-refractivity contribution in [3.8, 4) is 0 Å². The van der Waals surface area contributed by atoms with E-state index in [1.54, 1.807) is 6.92 Å². The van der Waals surface area contributed by atoms with Crippen LogP contribution in [0.2, 0.25) is 0 Å². The number of halogens is 3. The number of hydrogen-bond donors (Lipinski definition) is 1. The topological polar surface area (TPSA) is 12.0 Å². The Morgan fingerprint density at radius 2 is 2.09 bits per heavy atom. The van der Waals surface area contributed by atoms with Crippen LogP contribution in [0.1, 0.15) is 13.8 Å². The fourth-order valence-corrected chi connectivity index (χ4v) is 1.92. The van der Waals surface area contributed by atoms with Crippen LogP contribution in [0.15, 0.2) is 11.4 Å². The molecular weight excluding hydrogens is 174 g/mol. The summed E-state index contributed by atoms with van der Waals surface area (Å²) < 4.78 is 36.6. The average Bonchev–Trinajstić information content (AvgIpc) is 2.10. The molecule has 1 rings (SSSR count). The maximum absolute atomic E-state index is 12.2. The van der Waals surface area contributed by atoms with Crippen LogP contribution >= 0.6 is 8.73 Å². The van der Waals surface area contributed by atoms with Crippen molar-refractivity contribution in [2.75, 3.05) is 0 Å². The van der Waals surface area contributed by atoms with Crippen molar-refractivity contribution in [1.82, 2.24) is 5.09 Å². The van der Waals surface area contributed by atoms with Gasteiger partial charge in [0.15, 0.2) is 0 Å². The zero-order chi connectivity index (χ0) is 8.70. The Morgan fingerprint density at radius 1 is 1.55 bits per heavy atom. The van der Waals surface area contributed by atoms with Crippen LogP contribution < -0.4 is 5.09 Å². The molecule has 64 valence electrons. The molecule has 0 aromatic rings. The molecule has 0 fully saturated rings. The quantitative estimate of drug-likeness (QED) is 0.568. The number of nitrogens with one attached hydrogen (secondary N) is 1. The predicted molar refractivity (Wildman–Crippen MR) is 39.7 cm³/mol. The van der Waals surface area contributed by atoms with Gasteiger partial charge in [-0.25, -0.2) is 0 Å². The first-order chi connectivity index (χ1) is 4.85. The van der Waals surface area contributed by atoms with Gasteiger partial charge in [0, 0.05) is 0 Å². The zero-order valence-electron chi connectivity index (χ0n) is 6.21. The lowest BCUT2D eigenvalue weighted by atomic mass is 10.0. The molecule has 0 saturated heterocycles. The Labute approximate surface area is 64.9 Å². The molecule has 1 nitrogen and oxygen atoms in total. The lowest BCUT2D eigenvalue weighted by Crippen LogP contribution is -2.47. The minimum Gasteiger partial charge on any atom is -0.278 e. The Bertz CT molecular complexity index is 198. The van der Waals surface area contributed by atoms with Crippen LogP contribution in [0.25, 0.3) is 0 Å². The van der Waals surface area contributed by atoms with E-state index in [1.807, 2.05) is 0 Å². The van der Waals surface area contributed by atoms with Crippen LogP contribution in [0.4, 0.5) is 13.2 Å². The Morgan fingerprint density at radius 3 is 2.27 bits per heavy atom. The molecular formula is C6H9F3NP. The summed E-state index contributed by atoms with van der Waals surface area (Å²) in [6, 6.07) is 0. The first-order valence-electron chi connectivity index (χ1n) is 3.14. The van der Waals surface area contributed by atoms with Crippen LogP contribution in [0, 0.1) is 0 Å². The van der Waals surface area contributed by atoms with Crippen LogP contribution in [-0.4, -0.2) is 11.7 Å². The Hall–Kier alpha value is -0.0800. The molecule has 11 heavy (non-hydrogen) atoms. The lowest BCUT2D eigenvalue weighted by molar-refractivity contribution is -0.169. The molecule has 5 heteroatoms. The third kappa shape index (κ3) is 1.57. The number of hydrogen-bond acceptors (Lipinski definition) is 1. The van der Waals surface area contributed by atoms with Crippen molar-refractivity contribution in [2.24, 2.45) is 0 Å². The highest BCUT2D eigenvalue weighted by molar-refractivity contribution is 7.41. The van der Waals surface area contributed by atoms with Gasteiger partial charge in [-0.2, -0.15) is 13.2 Å². The molecule has 1 aliphatic rings. The van der Waals surface area contributed by atoms with E-state index in [2.05, 4.69) is 5.09 Å². The van der Waals surface area contributed by atoms with Gasteiger partial charge in [-0.3, -0.25) is 5.09 Å². The number of alkyl halides is 3. The van der Waals surface area contributed by atoms with E-state index in [0.717, 1.165) is 12.2 Å². The fourth-order valence-electron chi connectivity index (χ4n) is 0.886. The van der Waals surface area contributed by atoms with Gasteiger partial charge in [0.1, 0.15) is 5.54 Å². The fraction of sp³-hybridized carbons (Fsp3) is 0.667. The molecule has 0 aromatic heterocycles. The largest absolute Gasteiger partial charge is 0.410 e. The van der Waals surface area contributed by atoms with E-state index in [9.17, 15) is 13.2 Å². The monoisotopic (exact) mass is 183 g/mol. The van der Waals surface area contributed by atoms with Crippen molar-refractivity contribution in [2.45, 2.75) is 25.6 Å². The molecule has 0 bridgehead atoms. The third-order valence-electron chi connectivity index (χ3n) is 1.61. The normalized spacial score (nSPS) is 34.5. The van der Waals surface area contributed by atoms with Crippen molar-refractivity contribution >= 4 is 8.73 Å². The second kappa shape index (κ2) is 2.46. The maximum Gasteiger partial charge on any atom is 0.410 e. The molecule has 1 N–H and O–H groups in total. The van der Waals surface area contributed by atoms with E-state index in [-0.39, 0.29) is 8.73 Å². The number of rotatable bonds is 0. The molecule has 0 saturated carbocycles.